The molecule has 1 aromatic carbocycles. The molecule has 92 valence electrons. The van der Waals surface area contributed by atoms with Crippen molar-refractivity contribution in [1.29, 1.82) is 0 Å². The third-order valence-electron chi connectivity index (χ3n) is 2.24. The number of ether oxygens (including phenoxy) is 3. The van der Waals surface area contributed by atoms with Crippen LogP contribution in [0.1, 0.15) is 16.8 Å². The molecule has 0 bridgehead atoms. The van der Waals surface area contributed by atoms with E-state index in [0.29, 0.717) is 17.1 Å². The average Bonchev–Trinajstić information content (AvgIpc) is 2.37. The van der Waals surface area contributed by atoms with Gasteiger partial charge in [-0.1, -0.05) is 6.07 Å². The molecule has 1 aromatic rings. The maximum absolute atomic E-state index is 11.8. The second-order valence-corrected chi connectivity index (χ2v) is 3.22. The molecule has 1 rings (SSSR count). The van der Waals surface area contributed by atoms with Crippen LogP contribution in [-0.4, -0.2) is 33.1 Å². The van der Waals surface area contributed by atoms with Crippen molar-refractivity contribution in [3.8, 4) is 11.5 Å². The van der Waals surface area contributed by atoms with Gasteiger partial charge in [-0.3, -0.25) is 9.59 Å². The molecule has 0 heterocycles. The van der Waals surface area contributed by atoms with Gasteiger partial charge in [0.05, 0.1) is 26.9 Å². The van der Waals surface area contributed by atoms with Gasteiger partial charge >= 0.3 is 5.97 Å². The Labute approximate surface area is 99.3 Å². The number of benzene rings is 1. The normalized spacial score (nSPS) is 9.59. The number of Topliss-reactive ketones (excluding diaryl/α,β-unsaturated/α-hetero) is 1. The molecule has 0 aliphatic rings. The summed E-state index contributed by atoms with van der Waals surface area (Å²) in [6, 6.07) is 4.91. The minimum atomic E-state index is -0.583. The SMILES string of the molecule is COC(=O)CC(=O)c1cccc(OC)c1OC. The van der Waals surface area contributed by atoms with Crippen LogP contribution in [0.3, 0.4) is 0 Å². The van der Waals surface area contributed by atoms with E-state index in [-0.39, 0.29) is 12.2 Å². The Bertz CT molecular complexity index is 425. The number of para-hydroxylation sites is 1. The molecule has 0 N–H and O–H groups in total. The van der Waals surface area contributed by atoms with Gasteiger partial charge in [0.1, 0.15) is 6.42 Å². The van der Waals surface area contributed by atoms with E-state index in [9.17, 15) is 9.59 Å². The second-order valence-electron chi connectivity index (χ2n) is 3.22. The predicted molar refractivity (Wildman–Crippen MR) is 60.5 cm³/mol. The first-order valence-electron chi connectivity index (χ1n) is 4.95. The largest absolute Gasteiger partial charge is 0.493 e. The van der Waals surface area contributed by atoms with Gasteiger partial charge < -0.3 is 14.2 Å². The lowest BCUT2D eigenvalue weighted by Crippen LogP contribution is -2.11. The van der Waals surface area contributed by atoms with Crippen molar-refractivity contribution < 1.29 is 23.8 Å². The van der Waals surface area contributed by atoms with Crippen molar-refractivity contribution in [1.82, 2.24) is 0 Å². The van der Waals surface area contributed by atoms with Crippen LogP contribution in [-0.2, 0) is 9.53 Å². The van der Waals surface area contributed by atoms with Crippen LogP contribution in [0, 0.1) is 0 Å². The first kappa shape index (κ1) is 13.0. The summed E-state index contributed by atoms with van der Waals surface area (Å²) in [6.45, 7) is 0. The zero-order valence-corrected chi connectivity index (χ0v) is 9.98. The summed E-state index contributed by atoms with van der Waals surface area (Å²) in [7, 11) is 4.15. The molecule has 0 unspecified atom stereocenters. The Morgan fingerprint density at radius 3 is 2.35 bits per heavy atom. The molecule has 0 aliphatic carbocycles. The van der Waals surface area contributed by atoms with E-state index in [1.165, 1.54) is 21.3 Å². The zero-order valence-electron chi connectivity index (χ0n) is 9.98. The maximum Gasteiger partial charge on any atom is 0.313 e. The number of esters is 1. The van der Waals surface area contributed by atoms with Gasteiger partial charge in [0, 0.05) is 0 Å². The quantitative estimate of drug-likeness (QED) is 0.441. The summed E-state index contributed by atoms with van der Waals surface area (Å²) < 4.78 is 14.6. The highest BCUT2D eigenvalue weighted by atomic mass is 16.5. The first-order chi connectivity index (χ1) is 8.13. The third kappa shape index (κ3) is 2.96. The number of hydrogen-bond donors (Lipinski definition) is 0. The summed E-state index contributed by atoms with van der Waals surface area (Å²) in [6.07, 6.45) is -0.319. The Morgan fingerprint density at radius 2 is 1.82 bits per heavy atom. The summed E-state index contributed by atoms with van der Waals surface area (Å²) in [5.74, 6) is -0.181. The second kappa shape index (κ2) is 5.89. The number of carbonyl (C=O) groups excluding carboxylic acids is 2. The van der Waals surface area contributed by atoms with Crippen LogP contribution in [0.5, 0.6) is 11.5 Å². The molecule has 0 saturated heterocycles. The molecule has 0 amide bonds. The average molecular weight is 238 g/mol. The molecule has 5 heteroatoms. The summed E-state index contributed by atoms with van der Waals surface area (Å²) in [5, 5.41) is 0. The van der Waals surface area contributed by atoms with E-state index in [1.807, 2.05) is 0 Å². The zero-order chi connectivity index (χ0) is 12.8. The van der Waals surface area contributed by atoms with Gasteiger partial charge in [-0.15, -0.1) is 0 Å². The topological polar surface area (TPSA) is 61.8 Å². The smallest absolute Gasteiger partial charge is 0.313 e. The molecule has 0 radical (unpaired) electrons. The summed E-state index contributed by atoms with van der Waals surface area (Å²) in [4.78, 5) is 22.9. The lowest BCUT2D eigenvalue weighted by Gasteiger charge is -2.11. The standard InChI is InChI=1S/C12H14O5/c1-15-10-6-4-5-8(12(10)17-3)9(13)7-11(14)16-2/h4-6H,7H2,1-3H3. The number of ketones is 1. The Balaban J connectivity index is 3.04. The van der Waals surface area contributed by atoms with Crippen LogP contribution in [0.4, 0.5) is 0 Å². The van der Waals surface area contributed by atoms with Gasteiger partial charge in [-0.05, 0) is 12.1 Å². The van der Waals surface area contributed by atoms with E-state index < -0.39 is 5.97 Å². The lowest BCUT2D eigenvalue weighted by atomic mass is 10.1. The highest BCUT2D eigenvalue weighted by Crippen LogP contribution is 2.31. The van der Waals surface area contributed by atoms with Crippen LogP contribution < -0.4 is 9.47 Å². The molecule has 0 aromatic heterocycles. The van der Waals surface area contributed by atoms with E-state index in [4.69, 9.17) is 9.47 Å². The highest BCUT2D eigenvalue weighted by Gasteiger charge is 2.18. The number of methoxy groups -OCH3 is 3. The van der Waals surface area contributed by atoms with Crippen molar-refractivity contribution in [3.05, 3.63) is 23.8 Å². The Kier molecular flexibility index (Phi) is 4.51. The molecular formula is C12H14O5. The lowest BCUT2D eigenvalue weighted by molar-refractivity contribution is -0.139. The number of carbonyl (C=O) groups is 2. The molecular weight excluding hydrogens is 224 g/mol. The Morgan fingerprint density at radius 1 is 1.12 bits per heavy atom. The van der Waals surface area contributed by atoms with Crippen molar-refractivity contribution in [2.75, 3.05) is 21.3 Å². The van der Waals surface area contributed by atoms with Crippen LogP contribution >= 0.6 is 0 Å². The number of hydrogen-bond acceptors (Lipinski definition) is 5. The van der Waals surface area contributed by atoms with E-state index in [2.05, 4.69) is 4.74 Å². The minimum absolute atomic E-state index is 0.303. The van der Waals surface area contributed by atoms with Gasteiger partial charge in [-0.2, -0.15) is 0 Å². The van der Waals surface area contributed by atoms with Crippen molar-refractivity contribution in [3.63, 3.8) is 0 Å². The fourth-order valence-electron chi connectivity index (χ4n) is 1.41. The number of rotatable bonds is 5. The van der Waals surface area contributed by atoms with E-state index in [0.717, 1.165) is 0 Å². The van der Waals surface area contributed by atoms with Crippen molar-refractivity contribution >= 4 is 11.8 Å². The molecule has 5 nitrogen and oxygen atoms in total. The Hall–Kier alpha value is -2.04. The summed E-state index contributed by atoms with van der Waals surface area (Å²) >= 11 is 0. The van der Waals surface area contributed by atoms with Crippen LogP contribution in [0.25, 0.3) is 0 Å². The molecule has 0 saturated carbocycles. The van der Waals surface area contributed by atoms with Gasteiger partial charge in [0.2, 0.25) is 0 Å². The fourth-order valence-corrected chi connectivity index (χ4v) is 1.41. The van der Waals surface area contributed by atoms with Gasteiger partial charge in [0.15, 0.2) is 17.3 Å². The first-order valence-corrected chi connectivity index (χ1v) is 4.95. The molecule has 0 aliphatic heterocycles. The minimum Gasteiger partial charge on any atom is -0.493 e. The molecule has 0 spiro atoms. The third-order valence-corrected chi connectivity index (χ3v) is 2.24. The van der Waals surface area contributed by atoms with Gasteiger partial charge in [0.25, 0.3) is 0 Å². The monoisotopic (exact) mass is 238 g/mol. The van der Waals surface area contributed by atoms with Crippen LogP contribution in [0.15, 0.2) is 18.2 Å². The van der Waals surface area contributed by atoms with E-state index in [1.54, 1.807) is 18.2 Å². The summed E-state index contributed by atoms with van der Waals surface area (Å²) in [5.41, 5.74) is 0.303. The van der Waals surface area contributed by atoms with Crippen molar-refractivity contribution in [2.45, 2.75) is 6.42 Å². The van der Waals surface area contributed by atoms with Crippen LogP contribution in [0.2, 0.25) is 0 Å². The maximum atomic E-state index is 11.8. The molecule has 0 atom stereocenters. The molecule has 17 heavy (non-hydrogen) atoms. The predicted octanol–water partition coefficient (Wildman–Crippen LogP) is 1.45. The highest BCUT2D eigenvalue weighted by molar-refractivity contribution is 6.07. The van der Waals surface area contributed by atoms with Crippen molar-refractivity contribution in [2.24, 2.45) is 0 Å². The van der Waals surface area contributed by atoms with E-state index >= 15 is 0 Å². The van der Waals surface area contributed by atoms with Gasteiger partial charge in [-0.25, -0.2) is 0 Å². The molecule has 0 fully saturated rings. The fraction of sp³-hybridized carbons (Fsp3) is 0.333.